The lowest BCUT2D eigenvalue weighted by atomic mass is 10.0. The van der Waals surface area contributed by atoms with E-state index in [4.69, 9.17) is 22.1 Å². The molecule has 0 radical (unpaired) electrons. The molecule has 2 nitrogen and oxygen atoms in total. The molecule has 1 atom stereocenters. The first-order valence-corrected chi connectivity index (χ1v) is 8.14. The van der Waals surface area contributed by atoms with Gasteiger partial charge in [-0.2, -0.15) is 0 Å². The number of benzene rings is 2. The Bertz CT molecular complexity index is 630. The highest BCUT2D eigenvalue weighted by Crippen LogP contribution is 2.34. The molecular weight excluding hydrogens is 350 g/mol. The Hall–Kier alpha value is -1.03. The van der Waals surface area contributed by atoms with Gasteiger partial charge in [0.1, 0.15) is 11.5 Å². The summed E-state index contributed by atoms with van der Waals surface area (Å²) >= 11 is 9.71. The molecule has 0 aliphatic rings. The van der Waals surface area contributed by atoms with Crippen molar-refractivity contribution in [3.63, 3.8) is 0 Å². The number of aryl methyl sites for hydroxylation is 1. The third kappa shape index (κ3) is 4.47. The first-order valence-electron chi connectivity index (χ1n) is 6.97. The Morgan fingerprint density at radius 2 is 1.95 bits per heavy atom. The number of halogens is 2. The third-order valence-electron chi connectivity index (χ3n) is 3.33. The van der Waals surface area contributed by atoms with Crippen molar-refractivity contribution in [2.24, 2.45) is 5.73 Å². The molecule has 0 fully saturated rings. The van der Waals surface area contributed by atoms with Gasteiger partial charge >= 0.3 is 0 Å². The zero-order valence-electron chi connectivity index (χ0n) is 12.2. The average molecular weight is 369 g/mol. The first kappa shape index (κ1) is 16.3. The quantitative estimate of drug-likeness (QED) is 0.758. The summed E-state index contributed by atoms with van der Waals surface area (Å²) in [7, 11) is 0. The van der Waals surface area contributed by atoms with Crippen LogP contribution in [0, 0.1) is 6.92 Å². The van der Waals surface area contributed by atoms with E-state index in [1.165, 1.54) is 5.56 Å². The summed E-state index contributed by atoms with van der Waals surface area (Å²) < 4.78 is 6.80. The van der Waals surface area contributed by atoms with Crippen molar-refractivity contribution in [3.05, 3.63) is 57.0 Å². The van der Waals surface area contributed by atoms with Gasteiger partial charge in [0.25, 0.3) is 0 Å². The van der Waals surface area contributed by atoms with Crippen LogP contribution < -0.4 is 10.5 Å². The van der Waals surface area contributed by atoms with Crippen LogP contribution in [0.4, 0.5) is 0 Å². The Kier molecular flexibility index (Phi) is 5.68. The smallest absolute Gasteiger partial charge is 0.146 e. The van der Waals surface area contributed by atoms with Crippen LogP contribution >= 0.6 is 27.5 Å². The molecule has 0 aliphatic carbocycles. The standard InChI is InChI=1S/C17H19BrClNO/c1-3-13(20)9-12-5-7-16(14(18)10-12)21-17-8-11(2)4-6-15(17)19/h4-8,10,13H,3,9,20H2,1-2H3. The van der Waals surface area contributed by atoms with Crippen LogP contribution in [-0.4, -0.2) is 6.04 Å². The molecule has 0 saturated heterocycles. The third-order valence-corrected chi connectivity index (χ3v) is 4.26. The van der Waals surface area contributed by atoms with E-state index in [1.54, 1.807) is 0 Å². The highest BCUT2D eigenvalue weighted by molar-refractivity contribution is 9.10. The maximum atomic E-state index is 6.16. The summed E-state index contributed by atoms with van der Waals surface area (Å²) in [6, 6.07) is 12.0. The van der Waals surface area contributed by atoms with Gasteiger partial charge in [-0.1, -0.05) is 30.7 Å². The Morgan fingerprint density at radius 3 is 2.62 bits per heavy atom. The highest BCUT2D eigenvalue weighted by Gasteiger charge is 2.09. The van der Waals surface area contributed by atoms with Crippen molar-refractivity contribution in [2.75, 3.05) is 0 Å². The monoisotopic (exact) mass is 367 g/mol. The fourth-order valence-corrected chi connectivity index (χ4v) is 2.67. The topological polar surface area (TPSA) is 35.2 Å². The Labute approximate surface area is 139 Å². The van der Waals surface area contributed by atoms with Crippen LogP contribution in [0.3, 0.4) is 0 Å². The molecule has 112 valence electrons. The molecule has 4 heteroatoms. The maximum absolute atomic E-state index is 6.16. The molecule has 2 aromatic rings. The van der Waals surface area contributed by atoms with Gasteiger partial charge in [0.05, 0.1) is 9.50 Å². The van der Waals surface area contributed by atoms with Gasteiger partial charge in [0.15, 0.2) is 0 Å². The maximum Gasteiger partial charge on any atom is 0.146 e. The second-order valence-corrected chi connectivity index (χ2v) is 6.43. The molecule has 0 aliphatic heterocycles. The van der Waals surface area contributed by atoms with Crippen LogP contribution in [0.2, 0.25) is 5.02 Å². The summed E-state index contributed by atoms with van der Waals surface area (Å²) in [5, 5.41) is 0.601. The van der Waals surface area contributed by atoms with Gasteiger partial charge in [-0.25, -0.2) is 0 Å². The zero-order valence-corrected chi connectivity index (χ0v) is 14.5. The van der Waals surface area contributed by atoms with Crippen molar-refractivity contribution < 1.29 is 4.74 Å². The lowest BCUT2D eigenvalue weighted by Crippen LogP contribution is -2.21. The second-order valence-electron chi connectivity index (χ2n) is 5.17. The molecule has 0 bridgehead atoms. The molecule has 21 heavy (non-hydrogen) atoms. The van der Waals surface area contributed by atoms with E-state index in [9.17, 15) is 0 Å². The lowest BCUT2D eigenvalue weighted by molar-refractivity contribution is 0.479. The van der Waals surface area contributed by atoms with E-state index >= 15 is 0 Å². The number of hydrogen-bond donors (Lipinski definition) is 1. The molecular formula is C17H19BrClNO. The van der Waals surface area contributed by atoms with Gasteiger partial charge in [0.2, 0.25) is 0 Å². The van der Waals surface area contributed by atoms with E-state index in [2.05, 4.69) is 28.9 Å². The second kappa shape index (κ2) is 7.30. The van der Waals surface area contributed by atoms with Gasteiger partial charge < -0.3 is 10.5 Å². The summed E-state index contributed by atoms with van der Waals surface area (Å²) in [4.78, 5) is 0. The minimum absolute atomic E-state index is 0.190. The molecule has 2 aromatic carbocycles. The molecule has 0 saturated carbocycles. The SMILES string of the molecule is CCC(N)Cc1ccc(Oc2cc(C)ccc2Cl)c(Br)c1. The minimum Gasteiger partial charge on any atom is -0.455 e. The van der Waals surface area contributed by atoms with Crippen molar-refractivity contribution in [3.8, 4) is 11.5 Å². The average Bonchev–Trinajstić information content (AvgIpc) is 2.45. The van der Waals surface area contributed by atoms with Crippen molar-refractivity contribution in [1.29, 1.82) is 0 Å². The predicted molar refractivity (Wildman–Crippen MR) is 92.4 cm³/mol. The van der Waals surface area contributed by atoms with Crippen LogP contribution in [0.1, 0.15) is 24.5 Å². The number of hydrogen-bond acceptors (Lipinski definition) is 2. The predicted octanol–water partition coefficient (Wildman–Crippen LogP) is 5.48. The normalized spacial score (nSPS) is 12.2. The number of nitrogens with two attached hydrogens (primary N) is 1. The molecule has 0 spiro atoms. The van der Waals surface area contributed by atoms with Crippen molar-refractivity contribution in [2.45, 2.75) is 32.7 Å². The van der Waals surface area contributed by atoms with Crippen LogP contribution in [0.25, 0.3) is 0 Å². The van der Waals surface area contributed by atoms with E-state index in [0.29, 0.717) is 10.8 Å². The fourth-order valence-electron chi connectivity index (χ4n) is 2.01. The molecule has 2 rings (SSSR count). The minimum atomic E-state index is 0.190. The van der Waals surface area contributed by atoms with Crippen molar-refractivity contribution in [1.82, 2.24) is 0 Å². The van der Waals surface area contributed by atoms with E-state index in [0.717, 1.165) is 28.6 Å². The van der Waals surface area contributed by atoms with Crippen molar-refractivity contribution >= 4 is 27.5 Å². The molecule has 0 heterocycles. The Morgan fingerprint density at radius 1 is 1.19 bits per heavy atom. The van der Waals surface area contributed by atoms with Gasteiger partial charge in [-0.05, 0) is 71.1 Å². The van der Waals surface area contributed by atoms with Gasteiger partial charge in [-0.3, -0.25) is 0 Å². The van der Waals surface area contributed by atoms with Crippen LogP contribution in [0.15, 0.2) is 40.9 Å². The van der Waals surface area contributed by atoms with Gasteiger partial charge in [-0.15, -0.1) is 0 Å². The molecule has 1 unspecified atom stereocenters. The summed E-state index contributed by atoms with van der Waals surface area (Å²) in [5.74, 6) is 1.41. The van der Waals surface area contributed by atoms with E-state index in [1.807, 2.05) is 37.3 Å². The fraction of sp³-hybridized carbons (Fsp3) is 0.294. The largest absolute Gasteiger partial charge is 0.455 e. The molecule has 2 N–H and O–H groups in total. The van der Waals surface area contributed by atoms with Gasteiger partial charge in [0, 0.05) is 6.04 Å². The summed E-state index contributed by atoms with van der Waals surface area (Å²) in [5.41, 5.74) is 8.29. The summed E-state index contributed by atoms with van der Waals surface area (Å²) in [6.45, 7) is 4.10. The number of rotatable bonds is 5. The van der Waals surface area contributed by atoms with E-state index in [-0.39, 0.29) is 6.04 Å². The highest BCUT2D eigenvalue weighted by atomic mass is 79.9. The van der Waals surface area contributed by atoms with Crippen LogP contribution in [-0.2, 0) is 6.42 Å². The lowest BCUT2D eigenvalue weighted by Gasteiger charge is -2.13. The first-order chi connectivity index (χ1) is 9.99. The zero-order chi connectivity index (χ0) is 15.4. The summed E-state index contributed by atoms with van der Waals surface area (Å²) in [6.07, 6.45) is 1.83. The molecule has 0 aromatic heterocycles. The number of ether oxygens (including phenoxy) is 1. The van der Waals surface area contributed by atoms with Crippen LogP contribution in [0.5, 0.6) is 11.5 Å². The molecule has 0 amide bonds. The van der Waals surface area contributed by atoms with E-state index < -0.39 is 0 Å². The Balaban J connectivity index is 2.19.